The smallest absolute Gasteiger partial charge is 0.258 e. The van der Waals surface area contributed by atoms with E-state index in [4.69, 9.17) is 0 Å². The number of hydrazine groups is 1. The lowest BCUT2D eigenvalue weighted by atomic mass is 10.00. The third kappa shape index (κ3) is 3.13. The van der Waals surface area contributed by atoms with Crippen molar-refractivity contribution in [3.63, 3.8) is 0 Å². The second-order valence-corrected chi connectivity index (χ2v) is 5.38. The quantitative estimate of drug-likeness (QED) is 0.681. The molecule has 1 aliphatic heterocycles. The lowest BCUT2D eigenvalue weighted by Gasteiger charge is -2.39. The number of nitro benzene ring substituents is 1. The van der Waals surface area contributed by atoms with Gasteiger partial charge in [0.25, 0.3) is 0 Å². The number of benzene rings is 1. The van der Waals surface area contributed by atoms with Gasteiger partial charge in [-0.15, -0.1) is 0 Å². The molecule has 6 heteroatoms. The number of rotatable bonds is 4. The van der Waals surface area contributed by atoms with E-state index in [0.29, 0.717) is 17.6 Å². The van der Waals surface area contributed by atoms with E-state index in [1.165, 1.54) is 18.6 Å². The van der Waals surface area contributed by atoms with Gasteiger partial charge in [0, 0.05) is 30.3 Å². The molecule has 0 aromatic heterocycles. The third-order valence-electron chi connectivity index (χ3n) is 3.90. The van der Waals surface area contributed by atoms with Crippen LogP contribution in [0.25, 0.3) is 0 Å². The van der Waals surface area contributed by atoms with Crippen molar-refractivity contribution in [3.8, 4) is 0 Å². The van der Waals surface area contributed by atoms with Crippen molar-refractivity contribution >= 4 is 5.69 Å². The van der Waals surface area contributed by atoms with Crippen molar-refractivity contribution in [2.45, 2.75) is 51.7 Å². The molecule has 1 aliphatic rings. The molecular weight excluding hydrogens is 261 g/mol. The Kier molecular flexibility index (Phi) is 4.67. The van der Waals surface area contributed by atoms with Crippen molar-refractivity contribution in [1.82, 2.24) is 10.4 Å². The molecule has 2 atom stereocenters. The molecule has 20 heavy (non-hydrogen) atoms. The Balaban J connectivity index is 2.07. The zero-order chi connectivity index (χ0) is 14.7. The predicted molar refractivity (Wildman–Crippen MR) is 74.5 cm³/mol. The number of nitrogens with one attached hydrogen (secondary N) is 1. The van der Waals surface area contributed by atoms with Gasteiger partial charge in [-0.2, -0.15) is 4.39 Å². The maximum absolute atomic E-state index is 14.0. The molecule has 1 aromatic rings. The molecule has 0 amide bonds. The first-order valence-electron chi connectivity index (χ1n) is 6.94. The van der Waals surface area contributed by atoms with Gasteiger partial charge in [-0.3, -0.25) is 15.5 Å². The summed E-state index contributed by atoms with van der Waals surface area (Å²) in [6, 6.07) is 5.06. The minimum absolute atomic E-state index is 0.266. The minimum atomic E-state index is -0.748. The number of hydrogen-bond donors (Lipinski definition) is 1. The van der Waals surface area contributed by atoms with Crippen LogP contribution >= 0.6 is 0 Å². The normalized spacial score (nSPS) is 23.8. The molecule has 1 aromatic carbocycles. The summed E-state index contributed by atoms with van der Waals surface area (Å²) in [5, 5.41) is 12.8. The largest absolute Gasteiger partial charge is 0.305 e. The van der Waals surface area contributed by atoms with Crippen LogP contribution in [0, 0.1) is 15.9 Å². The highest BCUT2D eigenvalue weighted by atomic mass is 19.1. The SMILES string of the molecule is CC1CCCC(C)N1NCc1cccc([N+](=O)[O-])c1F. The van der Waals surface area contributed by atoms with Crippen LogP contribution in [0.2, 0.25) is 0 Å². The van der Waals surface area contributed by atoms with Crippen LogP contribution in [-0.2, 0) is 6.54 Å². The summed E-state index contributed by atoms with van der Waals surface area (Å²) in [5.41, 5.74) is 3.07. The molecule has 1 saturated heterocycles. The van der Waals surface area contributed by atoms with Gasteiger partial charge in [0.05, 0.1) is 4.92 Å². The average molecular weight is 281 g/mol. The second kappa shape index (κ2) is 6.28. The maximum atomic E-state index is 14.0. The summed E-state index contributed by atoms with van der Waals surface area (Å²) in [7, 11) is 0. The van der Waals surface area contributed by atoms with Gasteiger partial charge in [-0.25, -0.2) is 5.01 Å². The standard InChI is InChI=1S/C14H20FN3O2/c1-10-5-3-6-11(2)17(10)16-9-12-7-4-8-13(14(12)15)18(19)20/h4,7-8,10-11,16H,3,5-6,9H2,1-2H3. The van der Waals surface area contributed by atoms with Gasteiger partial charge >= 0.3 is 5.69 Å². The predicted octanol–water partition coefficient (Wildman–Crippen LogP) is 3.00. The number of nitro groups is 1. The molecule has 0 saturated carbocycles. The summed E-state index contributed by atoms with van der Waals surface area (Å²) in [6.45, 7) is 4.53. The fraction of sp³-hybridized carbons (Fsp3) is 0.571. The lowest BCUT2D eigenvalue weighted by molar-refractivity contribution is -0.387. The average Bonchev–Trinajstić information content (AvgIpc) is 2.39. The number of piperidine rings is 1. The molecule has 5 nitrogen and oxygen atoms in total. The summed E-state index contributed by atoms with van der Waals surface area (Å²) in [5.74, 6) is -0.748. The van der Waals surface area contributed by atoms with E-state index in [0.717, 1.165) is 12.8 Å². The monoisotopic (exact) mass is 281 g/mol. The molecule has 0 bridgehead atoms. The zero-order valence-corrected chi connectivity index (χ0v) is 11.8. The second-order valence-electron chi connectivity index (χ2n) is 5.38. The molecule has 0 aliphatic carbocycles. The first kappa shape index (κ1) is 14.9. The summed E-state index contributed by atoms with van der Waals surface area (Å²) in [6.07, 6.45) is 3.41. The van der Waals surface area contributed by atoms with Gasteiger partial charge < -0.3 is 0 Å². The van der Waals surface area contributed by atoms with Crippen LogP contribution in [-0.4, -0.2) is 22.0 Å². The van der Waals surface area contributed by atoms with Gasteiger partial charge in [-0.1, -0.05) is 18.6 Å². The Hall–Kier alpha value is -1.53. The van der Waals surface area contributed by atoms with E-state index in [1.54, 1.807) is 6.07 Å². The topological polar surface area (TPSA) is 58.4 Å². The van der Waals surface area contributed by atoms with E-state index >= 15 is 0 Å². The van der Waals surface area contributed by atoms with E-state index in [-0.39, 0.29) is 6.54 Å². The molecule has 1 heterocycles. The Morgan fingerprint density at radius 3 is 2.65 bits per heavy atom. The van der Waals surface area contributed by atoms with Crippen LogP contribution in [0.4, 0.5) is 10.1 Å². The van der Waals surface area contributed by atoms with Crippen LogP contribution in [0.3, 0.4) is 0 Å². The Labute approximate surface area is 117 Å². The highest BCUT2D eigenvalue weighted by Crippen LogP contribution is 2.23. The Morgan fingerprint density at radius 2 is 2.05 bits per heavy atom. The van der Waals surface area contributed by atoms with Crippen molar-refractivity contribution in [2.75, 3.05) is 0 Å². The fourth-order valence-electron chi connectivity index (χ4n) is 2.75. The molecule has 0 radical (unpaired) electrons. The van der Waals surface area contributed by atoms with Crippen LogP contribution < -0.4 is 5.43 Å². The molecule has 2 rings (SSSR count). The van der Waals surface area contributed by atoms with Crippen LogP contribution in [0.1, 0.15) is 38.7 Å². The Morgan fingerprint density at radius 1 is 1.40 bits per heavy atom. The highest BCUT2D eigenvalue weighted by molar-refractivity contribution is 5.36. The number of hydrogen-bond acceptors (Lipinski definition) is 4. The first-order chi connectivity index (χ1) is 9.50. The minimum Gasteiger partial charge on any atom is -0.258 e. The van der Waals surface area contributed by atoms with Gasteiger partial charge in [-0.05, 0) is 26.7 Å². The molecular formula is C14H20FN3O2. The van der Waals surface area contributed by atoms with E-state index in [9.17, 15) is 14.5 Å². The van der Waals surface area contributed by atoms with Crippen molar-refractivity contribution in [3.05, 3.63) is 39.7 Å². The lowest BCUT2D eigenvalue weighted by Crippen LogP contribution is -2.51. The summed E-state index contributed by atoms with van der Waals surface area (Å²) < 4.78 is 14.0. The molecule has 1 fully saturated rings. The first-order valence-corrected chi connectivity index (χ1v) is 6.94. The molecule has 1 N–H and O–H groups in total. The highest BCUT2D eigenvalue weighted by Gasteiger charge is 2.25. The molecule has 2 unspecified atom stereocenters. The Bertz CT molecular complexity index is 485. The van der Waals surface area contributed by atoms with Crippen LogP contribution in [0.5, 0.6) is 0 Å². The number of halogens is 1. The van der Waals surface area contributed by atoms with Crippen molar-refractivity contribution in [2.24, 2.45) is 0 Å². The van der Waals surface area contributed by atoms with E-state index in [2.05, 4.69) is 24.3 Å². The van der Waals surface area contributed by atoms with Gasteiger partial charge in [0.1, 0.15) is 0 Å². The third-order valence-corrected chi connectivity index (χ3v) is 3.90. The maximum Gasteiger partial charge on any atom is 0.305 e. The molecule has 110 valence electrons. The van der Waals surface area contributed by atoms with E-state index < -0.39 is 16.4 Å². The van der Waals surface area contributed by atoms with E-state index in [1.807, 2.05) is 0 Å². The van der Waals surface area contributed by atoms with Crippen LogP contribution in [0.15, 0.2) is 18.2 Å². The summed E-state index contributed by atoms with van der Waals surface area (Å²) in [4.78, 5) is 10.0. The number of nitrogens with zero attached hydrogens (tertiary/aromatic N) is 2. The summed E-state index contributed by atoms with van der Waals surface area (Å²) >= 11 is 0. The zero-order valence-electron chi connectivity index (χ0n) is 11.8. The van der Waals surface area contributed by atoms with Crippen molar-refractivity contribution in [1.29, 1.82) is 0 Å². The van der Waals surface area contributed by atoms with Crippen molar-refractivity contribution < 1.29 is 9.31 Å². The van der Waals surface area contributed by atoms with Gasteiger partial charge in [0.15, 0.2) is 0 Å². The fourth-order valence-corrected chi connectivity index (χ4v) is 2.75. The molecule has 0 spiro atoms. The van der Waals surface area contributed by atoms with Gasteiger partial charge in [0.2, 0.25) is 5.82 Å².